The first-order valence-electron chi connectivity index (χ1n) is 2.88. The number of halogens is 3. The molecule has 0 saturated carbocycles. The summed E-state index contributed by atoms with van der Waals surface area (Å²) in [5.74, 6) is -0.579. The number of hydrogen-bond acceptors (Lipinski definition) is 2. The maximum Gasteiger partial charge on any atom is 0.143 e. The first kappa shape index (κ1) is 9.62. The highest BCUT2D eigenvalue weighted by atomic mass is 35.5. The number of benzene rings is 1. The van der Waals surface area contributed by atoms with E-state index < -0.39 is 5.82 Å². The van der Waals surface area contributed by atoms with Crippen LogP contribution in [0.1, 0.15) is 0 Å². The van der Waals surface area contributed by atoms with Gasteiger partial charge in [0, 0.05) is 0 Å². The molecule has 0 aromatic heterocycles. The monoisotopic (exact) mass is 221 g/mol. The Kier molecular flexibility index (Phi) is 3.18. The second-order valence-electron chi connectivity index (χ2n) is 1.90. The third-order valence-corrected chi connectivity index (χ3v) is 2.12. The molecule has 0 N–H and O–H groups in total. The smallest absolute Gasteiger partial charge is 0.143 e. The van der Waals surface area contributed by atoms with Crippen molar-refractivity contribution in [3.63, 3.8) is 0 Å². The molecule has 0 aliphatic carbocycles. The Morgan fingerprint density at radius 1 is 1.33 bits per heavy atom. The fraction of sp³-hybridized carbons (Fsp3) is 0. The number of isothiocyanates is 1. The van der Waals surface area contributed by atoms with Crippen molar-refractivity contribution in [1.29, 1.82) is 0 Å². The maximum atomic E-state index is 12.7. The highest BCUT2D eigenvalue weighted by Crippen LogP contribution is 2.33. The van der Waals surface area contributed by atoms with Crippen molar-refractivity contribution in [3.8, 4) is 0 Å². The molecular weight excluding hydrogens is 220 g/mol. The summed E-state index contributed by atoms with van der Waals surface area (Å²) in [6.07, 6.45) is 0. The van der Waals surface area contributed by atoms with Crippen LogP contribution < -0.4 is 0 Å². The van der Waals surface area contributed by atoms with Gasteiger partial charge in [-0.25, -0.2) is 4.39 Å². The maximum absolute atomic E-state index is 12.7. The topological polar surface area (TPSA) is 12.4 Å². The van der Waals surface area contributed by atoms with Gasteiger partial charge in [0.1, 0.15) is 5.82 Å². The van der Waals surface area contributed by atoms with Crippen molar-refractivity contribution in [3.05, 3.63) is 28.0 Å². The van der Waals surface area contributed by atoms with Gasteiger partial charge in [0.15, 0.2) is 0 Å². The summed E-state index contributed by atoms with van der Waals surface area (Å²) in [5, 5.41) is 2.01. The van der Waals surface area contributed by atoms with E-state index in [-0.39, 0.29) is 10.0 Å². The van der Waals surface area contributed by atoms with E-state index in [2.05, 4.69) is 22.4 Å². The largest absolute Gasteiger partial charge is 0.205 e. The number of rotatable bonds is 1. The molecule has 0 spiro atoms. The molecule has 62 valence electrons. The molecule has 0 heterocycles. The molecule has 0 radical (unpaired) electrons. The van der Waals surface area contributed by atoms with Crippen molar-refractivity contribution in [2.75, 3.05) is 0 Å². The van der Waals surface area contributed by atoms with Gasteiger partial charge < -0.3 is 0 Å². The van der Waals surface area contributed by atoms with Gasteiger partial charge in [-0.1, -0.05) is 23.2 Å². The number of hydrogen-bond donors (Lipinski definition) is 0. The second-order valence-corrected chi connectivity index (χ2v) is 2.84. The predicted octanol–water partition coefficient (Wildman–Crippen LogP) is 3.87. The molecule has 0 amide bonds. The Morgan fingerprint density at radius 2 is 2.00 bits per heavy atom. The molecular formula is C7H2Cl2FNS. The van der Waals surface area contributed by atoms with Gasteiger partial charge in [-0.15, -0.1) is 0 Å². The Morgan fingerprint density at radius 3 is 2.58 bits per heavy atom. The zero-order valence-corrected chi connectivity index (χ0v) is 7.97. The second kappa shape index (κ2) is 3.97. The van der Waals surface area contributed by atoms with Crippen LogP contribution in [0.5, 0.6) is 0 Å². The lowest BCUT2D eigenvalue weighted by atomic mass is 10.3. The number of thiocarbonyl (C=S) groups is 1. The molecule has 1 aromatic carbocycles. The molecule has 12 heavy (non-hydrogen) atoms. The summed E-state index contributed by atoms with van der Waals surface area (Å²) in [6, 6.07) is 2.54. The SMILES string of the molecule is Fc1ccc(N=C=S)c(Cl)c1Cl. The first-order valence-corrected chi connectivity index (χ1v) is 4.04. The molecule has 0 aliphatic rings. The van der Waals surface area contributed by atoms with E-state index in [0.717, 1.165) is 0 Å². The molecule has 1 rings (SSSR count). The van der Waals surface area contributed by atoms with Crippen LogP contribution in [0.2, 0.25) is 10.0 Å². The standard InChI is InChI=1S/C7H2Cl2FNS/c8-6-4(10)1-2-5(7(6)9)11-3-12/h1-2H. The fourth-order valence-electron chi connectivity index (χ4n) is 0.651. The summed E-state index contributed by atoms with van der Waals surface area (Å²) in [5.41, 5.74) is 0.318. The van der Waals surface area contributed by atoms with Gasteiger partial charge in [0.25, 0.3) is 0 Å². The molecule has 0 bridgehead atoms. The van der Waals surface area contributed by atoms with E-state index in [1.807, 2.05) is 0 Å². The third-order valence-electron chi connectivity index (χ3n) is 1.18. The van der Waals surface area contributed by atoms with Crippen molar-refractivity contribution in [1.82, 2.24) is 0 Å². The molecule has 0 atom stereocenters. The highest BCUT2D eigenvalue weighted by molar-refractivity contribution is 7.78. The molecule has 0 unspecified atom stereocenters. The molecule has 0 aliphatic heterocycles. The zero-order chi connectivity index (χ0) is 9.14. The number of nitrogens with zero attached hydrogens (tertiary/aromatic N) is 1. The van der Waals surface area contributed by atoms with Gasteiger partial charge in [0.2, 0.25) is 0 Å². The zero-order valence-electron chi connectivity index (χ0n) is 5.64. The average Bonchev–Trinajstić information content (AvgIpc) is 2.07. The van der Waals surface area contributed by atoms with Crippen LogP contribution in [0.15, 0.2) is 17.1 Å². The summed E-state index contributed by atoms with van der Waals surface area (Å²) in [6.45, 7) is 0. The average molecular weight is 222 g/mol. The minimum absolute atomic E-state index is 0.0500. The molecule has 1 aromatic rings. The highest BCUT2D eigenvalue weighted by Gasteiger charge is 2.08. The van der Waals surface area contributed by atoms with E-state index in [4.69, 9.17) is 23.2 Å². The van der Waals surface area contributed by atoms with Gasteiger partial charge >= 0.3 is 0 Å². The van der Waals surface area contributed by atoms with E-state index in [1.165, 1.54) is 12.1 Å². The van der Waals surface area contributed by atoms with Gasteiger partial charge in [-0.3, -0.25) is 0 Å². The van der Waals surface area contributed by atoms with Crippen molar-refractivity contribution >= 4 is 46.3 Å². The van der Waals surface area contributed by atoms with Gasteiger partial charge in [-0.05, 0) is 24.4 Å². The van der Waals surface area contributed by atoms with Crippen molar-refractivity contribution in [2.45, 2.75) is 0 Å². The van der Waals surface area contributed by atoms with Crippen LogP contribution in [0.3, 0.4) is 0 Å². The van der Waals surface area contributed by atoms with Gasteiger partial charge in [0.05, 0.1) is 20.9 Å². The van der Waals surface area contributed by atoms with Crippen molar-refractivity contribution in [2.24, 2.45) is 4.99 Å². The lowest BCUT2D eigenvalue weighted by Crippen LogP contribution is -1.77. The lowest BCUT2D eigenvalue weighted by Gasteiger charge is -1.98. The van der Waals surface area contributed by atoms with Crippen LogP contribution in [0.25, 0.3) is 0 Å². The summed E-state index contributed by atoms with van der Waals surface area (Å²) >= 11 is 15.5. The molecule has 5 heteroatoms. The summed E-state index contributed by atoms with van der Waals surface area (Å²) < 4.78 is 12.7. The first-order chi connectivity index (χ1) is 5.66. The Hall–Kier alpha value is -0.470. The minimum atomic E-state index is -0.579. The number of aliphatic imine (C=N–C) groups is 1. The minimum Gasteiger partial charge on any atom is -0.205 e. The predicted molar refractivity (Wildman–Crippen MR) is 51.1 cm³/mol. The summed E-state index contributed by atoms with van der Waals surface area (Å²) in [4.78, 5) is 3.59. The van der Waals surface area contributed by atoms with E-state index in [0.29, 0.717) is 5.69 Å². The van der Waals surface area contributed by atoms with Crippen molar-refractivity contribution < 1.29 is 4.39 Å². The van der Waals surface area contributed by atoms with E-state index in [1.54, 1.807) is 0 Å². The normalized spacial score (nSPS) is 9.25. The Bertz CT molecular complexity index is 361. The van der Waals surface area contributed by atoms with Crippen LogP contribution in [-0.4, -0.2) is 5.16 Å². The quantitative estimate of drug-likeness (QED) is 0.399. The molecule has 0 saturated heterocycles. The fourth-order valence-corrected chi connectivity index (χ4v) is 1.10. The van der Waals surface area contributed by atoms with Crippen LogP contribution in [-0.2, 0) is 0 Å². The van der Waals surface area contributed by atoms with Crippen LogP contribution >= 0.6 is 35.4 Å². The molecule has 0 fully saturated rings. The summed E-state index contributed by atoms with van der Waals surface area (Å²) in [7, 11) is 0. The Labute approximate surface area is 83.8 Å². The van der Waals surface area contributed by atoms with Gasteiger partial charge in [-0.2, -0.15) is 4.99 Å². The van der Waals surface area contributed by atoms with Crippen LogP contribution in [0.4, 0.5) is 10.1 Å². The van der Waals surface area contributed by atoms with Crippen LogP contribution in [0, 0.1) is 5.82 Å². The van der Waals surface area contributed by atoms with E-state index in [9.17, 15) is 4.39 Å². The Balaban J connectivity index is 3.35. The third kappa shape index (κ3) is 1.82. The lowest BCUT2D eigenvalue weighted by molar-refractivity contribution is 0.628. The molecule has 1 nitrogen and oxygen atoms in total. The van der Waals surface area contributed by atoms with E-state index >= 15 is 0 Å².